The molecular formula is C19H16FN3O3. The van der Waals surface area contributed by atoms with Crippen LogP contribution in [0, 0.1) is 12.7 Å². The van der Waals surface area contributed by atoms with Gasteiger partial charge in [-0.1, -0.05) is 17.7 Å². The molecular weight excluding hydrogens is 337 g/mol. The second-order valence-electron chi connectivity index (χ2n) is 5.80. The minimum absolute atomic E-state index is 0.130. The number of aromatic nitrogens is 2. The molecule has 2 aromatic carbocycles. The van der Waals surface area contributed by atoms with E-state index in [2.05, 4.69) is 9.98 Å². The van der Waals surface area contributed by atoms with Crippen LogP contribution >= 0.6 is 0 Å². The van der Waals surface area contributed by atoms with Crippen LogP contribution in [0.25, 0.3) is 5.69 Å². The van der Waals surface area contributed by atoms with Gasteiger partial charge >= 0.3 is 5.69 Å². The lowest BCUT2D eigenvalue weighted by Gasteiger charge is -2.11. The maximum atomic E-state index is 13.0. The molecule has 1 aromatic heterocycles. The number of H-pyrrole nitrogens is 1. The molecule has 6 nitrogen and oxygen atoms in total. The Bertz CT molecular complexity index is 1090. The number of hydrogen-bond acceptors (Lipinski definition) is 4. The highest BCUT2D eigenvalue weighted by Crippen LogP contribution is 2.20. The van der Waals surface area contributed by atoms with Gasteiger partial charge in [0.2, 0.25) is 5.88 Å². The minimum Gasteiger partial charge on any atom is -0.493 e. The van der Waals surface area contributed by atoms with Crippen LogP contribution in [0.5, 0.6) is 5.88 Å². The van der Waals surface area contributed by atoms with Crippen molar-refractivity contribution < 1.29 is 9.50 Å². The molecule has 0 bridgehead atoms. The van der Waals surface area contributed by atoms with Crippen molar-refractivity contribution in [1.29, 1.82) is 0 Å². The Morgan fingerprint density at radius 3 is 2.31 bits per heavy atom. The molecule has 1 heterocycles. The van der Waals surface area contributed by atoms with E-state index in [4.69, 9.17) is 0 Å². The van der Waals surface area contributed by atoms with Gasteiger partial charge in [0.1, 0.15) is 11.4 Å². The first-order valence-electron chi connectivity index (χ1n) is 7.83. The second-order valence-corrected chi connectivity index (χ2v) is 5.80. The number of halogens is 1. The van der Waals surface area contributed by atoms with Gasteiger partial charge in [-0.25, -0.2) is 13.8 Å². The number of aryl methyl sites for hydroxylation is 1. The van der Waals surface area contributed by atoms with E-state index in [-0.39, 0.29) is 11.3 Å². The van der Waals surface area contributed by atoms with E-state index >= 15 is 0 Å². The molecule has 0 radical (unpaired) electrons. The topological polar surface area (TPSA) is 87.4 Å². The summed E-state index contributed by atoms with van der Waals surface area (Å²) in [5, 5.41) is 10.6. The Labute approximate surface area is 147 Å². The van der Waals surface area contributed by atoms with Gasteiger partial charge in [-0.15, -0.1) is 0 Å². The maximum absolute atomic E-state index is 13.0. The van der Waals surface area contributed by atoms with Gasteiger partial charge in [0.15, 0.2) is 0 Å². The zero-order valence-electron chi connectivity index (χ0n) is 14.2. The molecule has 0 aliphatic carbocycles. The number of aromatic hydroxyl groups is 1. The number of nitrogens with one attached hydrogen (secondary N) is 1. The molecule has 26 heavy (non-hydrogen) atoms. The molecule has 2 N–H and O–H groups in total. The molecule has 3 aromatic rings. The number of aromatic amines is 1. The number of benzene rings is 2. The van der Waals surface area contributed by atoms with Crippen LogP contribution in [0.1, 0.15) is 18.1 Å². The molecule has 0 atom stereocenters. The average Bonchev–Trinajstić information content (AvgIpc) is 2.58. The summed E-state index contributed by atoms with van der Waals surface area (Å²) < 4.78 is 14.0. The number of nitrogens with zero attached hydrogens (tertiary/aromatic N) is 2. The first-order valence-corrected chi connectivity index (χ1v) is 7.83. The van der Waals surface area contributed by atoms with Gasteiger partial charge in [0.05, 0.1) is 17.1 Å². The molecule has 132 valence electrons. The summed E-state index contributed by atoms with van der Waals surface area (Å²) in [6, 6.07) is 12.2. The Morgan fingerprint density at radius 1 is 1.08 bits per heavy atom. The van der Waals surface area contributed by atoms with E-state index in [0.29, 0.717) is 11.4 Å². The van der Waals surface area contributed by atoms with Crippen molar-refractivity contribution >= 4 is 11.4 Å². The lowest BCUT2D eigenvalue weighted by Crippen LogP contribution is -2.32. The number of hydrogen-bond donors (Lipinski definition) is 2. The van der Waals surface area contributed by atoms with E-state index in [0.717, 1.165) is 10.1 Å². The van der Waals surface area contributed by atoms with Crippen molar-refractivity contribution in [2.24, 2.45) is 4.99 Å². The Balaban J connectivity index is 2.17. The molecule has 0 saturated heterocycles. The van der Waals surface area contributed by atoms with Gasteiger partial charge in [-0.05, 0) is 50.2 Å². The summed E-state index contributed by atoms with van der Waals surface area (Å²) in [4.78, 5) is 30.8. The van der Waals surface area contributed by atoms with Crippen LogP contribution in [-0.4, -0.2) is 20.4 Å². The van der Waals surface area contributed by atoms with Gasteiger partial charge in [0.25, 0.3) is 5.56 Å². The van der Waals surface area contributed by atoms with Crippen LogP contribution in [0.15, 0.2) is 63.1 Å². The minimum atomic E-state index is -0.755. The van der Waals surface area contributed by atoms with Crippen LogP contribution in [0.4, 0.5) is 10.1 Å². The van der Waals surface area contributed by atoms with Crippen molar-refractivity contribution in [1.82, 2.24) is 9.55 Å². The number of aliphatic imine (C=N–C) groups is 1. The van der Waals surface area contributed by atoms with Gasteiger partial charge < -0.3 is 5.11 Å². The molecule has 0 fully saturated rings. The summed E-state index contributed by atoms with van der Waals surface area (Å²) in [5.41, 5.74) is 0.362. The molecule has 0 aliphatic rings. The smallest absolute Gasteiger partial charge is 0.335 e. The summed E-state index contributed by atoms with van der Waals surface area (Å²) in [6.07, 6.45) is 0. The van der Waals surface area contributed by atoms with Gasteiger partial charge in [-0.2, -0.15) is 0 Å². The van der Waals surface area contributed by atoms with Gasteiger partial charge in [0, 0.05) is 0 Å². The van der Waals surface area contributed by atoms with Crippen molar-refractivity contribution in [2.75, 3.05) is 0 Å². The monoisotopic (exact) mass is 353 g/mol. The molecule has 0 aliphatic heterocycles. The SMILES string of the molecule is CC(=Nc1ccc(F)cc1)c1c(O)n(-c2ccc(C)cc2)c(=O)[nH]c1=O. The second kappa shape index (κ2) is 6.79. The fourth-order valence-electron chi connectivity index (χ4n) is 2.55. The highest BCUT2D eigenvalue weighted by atomic mass is 19.1. The quantitative estimate of drug-likeness (QED) is 0.710. The molecule has 0 saturated carbocycles. The van der Waals surface area contributed by atoms with E-state index in [9.17, 15) is 19.1 Å². The zero-order chi connectivity index (χ0) is 18.8. The molecule has 0 unspecified atom stereocenters. The highest BCUT2D eigenvalue weighted by molar-refractivity contribution is 6.01. The first kappa shape index (κ1) is 17.3. The molecule has 3 rings (SSSR count). The van der Waals surface area contributed by atoms with Crippen molar-refractivity contribution in [3.05, 3.63) is 86.3 Å². The largest absolute Gasteiger partial charge is 0.493 e. The Morgan fingerprint density at radius 2 is 1.69 bits per heavy atom. The van der Waals surface area contributed by atoms with Crippen LogP contribution in [0.2, 0.25) is 0 Å². The third kappa shape index (κ3) is 3.32. The standard InChI is InChI=1S/C19H16FN3O3/c1-11-3-9-15(10-4-11)23-18(25)16(17(24)22-19(23)26)12(2)21-14-7-5-13(20)6-8-14/h3-10,25H,1-2H3,(H,22,24,26). The summed E-state index contributed by atoms with van der Waals surface area (Å²) >= 11 is 0. The van der Waals surface area contributed by atoms with E-state index in [1.165, 1.54) is 31.2 Å². The summed E-state index contributed by atoms with van der Waals surface area (Å²) in [6.45, 7) is 3.42. The average molecular weight is 353 g/mol. The molecule has 0 amide bonds. The summed E-state index contributed by atoms with van der Waals surface area (Å²) in [7, 11) is 0. The first-order chi connectivity index (χ1) is 12.4. The van der Waals surface area contributed by atoms with E-state index in [1.54, 1.807) is 24.3 Å². The fraction of sp³-hybridized carbons (Fsp3) is 0.105. The van der Waals surface area contributed by atoms with Crippen molar-refractivity contribution in [3.8, 4) is 11.6 Å². The predicted octanol–water partition coefficient (Wildman–Crippen LogP) is 2.82. The van der Waals surface area contributed by atoms with Crippen molar-refractivity contribution in [3.63, 3.8) is 0 Å². The van der Waals surface area contributed by atoms with Gasteiger partial charge in [-0.3, -0.25) is 14.8 Å². The Hall–Kier alpha value is -3.48. The normalized spacial score (nSPS) is 11.6. The maximum Gasteiger partial charge on any atom is 0.335 e. The van der Waals surface area contributed by atoms with Crippen molar-refractivity contribution in [2.45, 2.75) is 13.8 Å². The predicted molar refractivity (Wildman–Crippen MR) is 97.3 cm³/mol. The third-order valence-electron chi connectivity index (χ3n) is 3.86. The molecule has 7 heteroatoms. The highest BCUT2D eigenvalue weighted by Gasteiger charge is 2.18. The molecule has 0 spiro atoms. The fourth-order valence-corrected chi connectivity index (χ4v) is 2.55. The lowest BCUT2D eigenvalue weighted by molar-refractivity contribution is 0.430. The lowest BCUT2D eigenvalue weighted by atomic mass is 10.2. The van der Waals surface area contributed by atoms with Crippen LogP contribution < -0.4 is 11.2 Å². The zero-order valence-corrected chi connectivity index (χ0v) is 14.2. The van der Waals surface area contributed by atoms with E-state index < -0.39 is 22.9 Å². The van der Waals surface area contributed by atoms with Crippen LogP contribution in [0.3, 0.4) is 0 Å². The number of rotatable bonds is 3. The third-order valence-corrected chi connectivity index (χ3v) is 3.86. The summed E-state index contributed by atoms with van der Waals surface area (Å²) in [5.74, 6) is -0.916. The van der Waals surface area contributed by atoms with E-state index in [1.807, 2.05) is 6.92 Å². The Kier molecular flexibility index (Phi) is 4.53. The van der Waals surface area contributed by atoms with Crippen LogP contribution in [-0.2, 0) is 0 Å².